The first-order chi connectivity index (χ1) is 16.7. The molecule has 7 rings (SSSR count). The minimum Gasteiger partial charge on any atom is -0.507 e. The number of phenols is 2. The second-order valence-electron chi connectivity index (χ2n) is 8.69. The molecule has 2 aromatic heterocycles. The standard InChI is InChI=1S/C30H20N2O2/c33-25-14-12-21-19-8-1-3-10-23(19)31-29(21)27(25)17-6-5-7-18(16-17)28-26(34)15-13-22-20-9-2-4-11-24(20)32-30(22)28/h1-16,31-34H. The van der Waals surface area contributed by atoms with Gasteiger partial charge in [0, 0.05) is 43.7 Å². The zero-order valence-corrected chi connectivity index (χ0v) is 18.1. The van der Waals surface area contributed by atoms with E-state index in [0.29, 0.717) is 0 Å². The highest BCUT2D eigenvalue weighted by Crippen LogP contribution is 2.43. The minimum absolute atomic E-state index is 0.212. The van der Waals surface area contributed by atoms with Gasteiger partial charge in [0.1, 0.15) is 11.5 Å². The average molecular weight is 441 g/mol. The average Bonchev–Trinajstić information content (AvgIpc) is 3.42. The van der Waals surface area contributed by atoms with E-state index in [1.54, 1.807) is 12.1 Å². The SMILES string of the molecule is Oc1ccc2c([nH]c3ccccc32)c1-c1cccc(-c2c(O)ccc3c2[nH]c2ccccc23)c1. The van der Waals surface area contributed by atoms with Crippen LogP contribution in [0.15, 0.2) is 97.1 Å². The zero-order valence-electron chi connectivity index (χ0n) is 18.1. The Hall–Kier alpha value is -4.70. The van der Waals surface area contributed by atoms with E-state index in [-0.39, 0.29) is 11.5 Å². The lowest BCUT2D eigenvalue weighted by Crippen LogP contribution is -1.86. The number of hydrogen-bond acceptors (Lipinski definition) is 2. The third-order valence-electron chi connectivity index (χ3n) is 6.76. The van der Waals surface area contributed by atoms with Gasteiger partial charge in [-0.05, 0) is 53.6 Å². The number of hydrogen-bond donors (Lipinski definition) is 4. The second kappa shape index (κ2) is 6.90. The Balaban J connectivity index is 1.50. The van der Waals surface area contributed by atoms with Crippen LogP contribution in [-0.4, -0.2) is 20.2 Å². The van der Waals surface area contributed by atoms with Crippen molar-refractivity contribution in [1.29, 1.82) is 0 Å². The highest BCUT2D eigenvalue weighted by molar-refractivity contribution is 6.14. The van der Waals surface area contributed by atoms with Gasteiger partial charge in [-0.3, -0.25) is 0 Å². The molecule has 0 bridgehead atoms. The number of aromatic amines is 2. The van der Waals surface area contributed by atoms with Crippen LogP contribution in [0.4, 0.5) is 0 Å². The Labute approximate surface area is 194 Å². The number of aromatic hydroxyl groups is 2. The molecule has 0 saturated carbocycles. The maximum absolute atomic E-state index is 10.9. The summed E-state index contributed by atoms with van der Waals surface area (Å²) in [6, 6.07) is 31.7. The molecule has 162 valence electrons. The van der Waals surface area contributed by atoms with Crippen LogP contribution < -0.4 is 0 Å². The topological polar surface area (TPSA) is 72.0 Å². The van der Waals surface area contributed by atoms with Crippen molar-refractivity contribution in [3.63, 3.8) is 0 Å². The van der Waals surface area contributed by atoms with E-state index in [1.807, 2.05) is 72.8 Å². The number of nitrogens with one attached hydrogen (secondary N) is 2. The van der Waals surface area contributed by atoms with Gasteiger partial charge in [-0.1, -0.05) is 54.6 Å². The molecule has 5 aromatic carbocycles. The smallest absolute Gasteiger partial charge is 0.125 e. The van der Waals surface area contributed by atoms with Crippen LogP contribution in [0.1, 0.15) is 0 Å². The lowest BCUT2D eigenvalue weighted by molar-refractivity contribution is 0.477. The maximum Gasteiger partial charge on any atom is 0.125 e. The largest absolute Gasteiger partial charge is 0.507 e. The molecular weight excluding hydrogens is 420 g/mol. The Morgan fingerprint density at radius 2 is 0.912 bits per heavy atom. The van der Waals surface area contributed by atoms with Crippen molar-refractivity contribution >= 4 is 43.6 Å². The van der Waals surface area contributed by atoms with Crippen LogP contribution in [0.3, 0.4) is 0 Å². The van der Waals surface area contributed by atoms with Crippen molar-refractivity contribution < 1.29 is 10.2 Å². The van der Waals surface area contributed by atoms with Crippen molar-refractivity contribution in [2.45, 2.75) is 0 Å². The monoisotopic (exact) mass is 440 g/mol. The molecular formula is C30H20N2O2. The molecule has 0 aliphatic carbocycles. The predicted molar refractivity (Wildman–Crippen MR) is 139 cm³/mol. The molecule has 0 saturated heterocycles. The van der Waals surface area contributed by atoms with Gasteiger partial charge in [-0.15, -0.1) is 0 Å². The summed E-state index contributed by atoms with van der Waals surface area (Å²) in [5.74, 6) is 0.425. The number of benzene rings is 5. The highest BCUT2D eigenvalue weighted by atomic mass is 16.3. The molecule has 34 heavy (non-hydrogen) atoms. The van der Waals surface area contributed by atoms with Crippen LogP contribution in [0.2, 0.25) is 0 Å². The maximum atomic E-state index is 10.9. The van der Waals surface area contributed by atoms with Crippen LogP contribution >= 0.6 is 0 Å². The number of rotatable bonds is 2. The van der Waals surface area contributed by atoms with Gasteiger partial charge in [0.2, 0.25) is 0 Å². The fourth-order valence-electron chi connectivity index (χ4n) is 5.23. The summed E-state index contributed by atoms with van der Waals surface area (Å²) in [4.78, 5) is 6.98. The van der Waals surface area contributed by atoms with E-state index in [0.717, 1.165) is 65.9 Å². The molecule has 0 aliphatic heterocycles. The van der Waals surface area contributed by atoms with E-state index in [4.69, 9.17) is 0 Å². The van der Waals surface area contributed by atoms with Crippen molar-refractivity contribution in [3.8, 4) is 33.8 Å². The molecule has 4 nitrogen and oxygen atoms in total. The Bertz CT molecular complexity index is 1760. The van der Waals surface area contributed by atoms with E-state index in [9.17, 15) is 10.2 Å². The molecule has 0 unspecified atom stereocenters. The fourth-order valence-corrected chi connectivity index (χ4v) is 5.23. The molecule has 2 heterocycles. The summed E-state index contributed by atoms with van der Waals surface area (Å²) in [5, 5.41) is 26.2. The number of para-hydroxylation sites is 2. The van der Waals surface area contributed by atoms with E-state index in [2.05, 4.69) is 22.1 Å². The van der Waals surface area contributed by atoms with Gasteiger partial charge >= 0.3 is 0 Å². The van der Waals surface area contributed by atoms with Crippen LogP contribution in [-0.2, 0) is 0 Å². The highest BCUT2D eigenvalue weighted by Gasteiger charge is 2.17. The summed E-state index contributed by atoms with van der Waals surface area (Å²) in [6.07, 6.45) is 0. The summed E-state index contributed by atoms with van der Waals surface area (Å²) < 4.78 is 0. The van der Waals surface area contributed by atoms with Crippen LogP contribution in [0.5, 0.6) is 11.5 Å². The summed E-state index contributed by atoms with van der Waals surface area (Å²) >= 11 is 0. The first-order valence-electron chi connectivity index (χ1n) is 11.2. The molecule has 4 N–H and O–H groups in total. The molecule has 0 radical (unpaired) electrons. The van der Waals surface area contributed by atoms with Gasteiger partial charge in [-0.25, -0.2) is 0 Å². The Morgan fingerprint density at radius 3 is 1.41 bits per heavy atom. The zero-order chi connectivity index (χ0) is 22.8. The lowest BCUT2D eigenvalue weighted by atomic mass is 9.95. The van der Waals surface area contributed by atoms with Gasteiger partial charge in [0.05, 0.1) is 11.0 Å². The second-order valence-corrected chi connectivity index (χ2v) is 8.69. The molecule has 4 heteroatoms. The number of fused-ring (bicyclic) bond motifs is 6. The van der Waals surface area contributed by atoms with Gasteiger partial charge in [0.25, 0.3) is 0 Å². The number of phenolic OH excluding ortho intramolecular Hbond substituents is 2. The van der Waals surface area contributed by atoms with Gasteiger partial charge in [0.15, 0.2) is 0 Å². The molecule has 0 fully saturated rings. The van der Waals surface area contributed by atoms with Crippen molar-refractivity contribution in [2.24, 2.45) is 0 Å². The molecule has 0 spiro atoms. The van der Waals surface area contributed by atoms with E-state index in [1.165, 1.54) is 0 Å². The Morgan fingerprint density at radius 1 is 0.441 bits per heavy atom. The van der Waals surface area contributed by atoms with Crippen molar-refractivity contribution in [2.75, 3.05) is 0 Å². The number of aromatic nitrogens is 2. The van der Waals surface area contributed by atoms with Crippen molar-refractivity contribution in [1.82, 2.24) is 9.97 Å². The summed E-state index contributed by atoms with van der Waals surface area (Å²) in [6.45, 7) is 0. The summed E-state index contributed by atoms with van der Waals surface area (Å²) in [7, 11) is 0. The predicted octanol–water partition coefficient (Wildman–Crippen LogP) is 7.70. The normalized spacial score (nSPS) is 11.8. The van der Waals surface area contributed by atoms with Crippen molar-refractivity contribution in [3.05, 3.63) is 97.1 Å². The van der Waals surface area contributed by atoms with Gasteiger partial charge < -0.3 is 20.2 Å². The van der Waals surface area contributed by atoms with E-state index >= 15 is 0 Å². The number of H-pyrrole nitrogens is 2. The van der Waals surface area contributed by atoms with Crippen LogP contribution in [0.25, 0.3) is 65.9 Å². The third kappa shape index (κ3) is 2.60. The molecule has 0 amide bonds. The fraction of sp³-hybridized carbons (Fsp3) is 0. The quantitative estimate of drug-likeness (QED) is 0.222. The van der Waals surface area contributed by atoms with E-state index < -0.39 is 0 Å². The minimum atomic E-state index is 0.212. The first kappa shape index (κ1) is 18.8. The molecule has 7 aromatic rings. The molecule has 0 atom stereocenters. The first-order valence-corrected chi connectivity index (χ1v) is 11.2. The lowest BCUT2D eigenvalue weighted by Gasteiger charge is -2.11. The molecule has 0 aliphatic rings. The Kier molecular flexibility index (Phi) is 3.82. The van der Waals surface area contributed by atoms with Crippen LogP contribution in [0, 0.1) is 0 Å². The third-order valence-corrected chi connectivity index (χ3v) is 6.76. The summed E-state index contributed by atoms with van der Waals surface area (Å²) in [5.41, 5.74) is 7.09. The van der Waals surface area contributed by atoms with Gasteiger partial charge in [-0.2, -0.15) is 0 Å².